The van der Waals surface area contributed by atoms with Gasteiger partial charge in [-0.25, -0.2) is 4.98 Å². The van der Waals surface area contributed by atoms with E-state index in [1.54, 1.807) is 30.5 Å². The summed E-state index contributed by atoms with van der Waals surface area (Å²) in [4.78, 5) is 18.2. The molecule has 0 saturated heterocycles. The summed E-state index contributed by atoms with van der Waals surface area (Å²) in [6, 6.07) is 16.4. The summed E-state index contributed by atoms with van der Waals surface area (Å²) in [6.45, 7) is 0. The zero-order chi connectivity index (χ0) is 19.2. The Bertz CT molecular complexity index is 951. The summed E-state index contributed by atoms with van der Waals surface area (Å²) in [7, 11) is 3.02. The molecule has 0 unspecified atom stereocenters. The van der Waals surface area contributed by atoms with E-state index < -0.39 is 0 Å². The van der Waals surface area contributed by atoms with Crippen molar-refractivity contribution in [2.24, 2.45) is 0 Å². The Morgan fingerprint density at radius 1 is 1.04 bits per heavy atom. The minimum absolute atomic E-state index is 0.302. The Hall–Kier alpha value is -2.70. The lowest BCUT2D eigenvalue weighted by molar-refractivity contribution is 0.102. The first kappa shape index (κ1) is 19.1. The minimum atomic E-state index is -0.302. The van der Waals surface area contributed by atoms with Gasteiger partial charge in [-0.2, -0.15) is 0 Å². The van der Waals surface area contributed by atoms with E-state index in [-0.39, 0.29) is 5.91 Å². The van der Waals surface area contributed by atoms with Gasteiger partial charge in [0.25, 0.3) is 5.91 Å². The standard InChI is InChI=1S/C20H17ClN2O3S/c1-25-17-12-16(18(26-2)11-15(17)21)23-19(24)14-9-6-10-22-20(14)27-13-7-4-3-5-8-13/h3-12H,1-2H3,(H,23,24). The number of amides is 1. The molecule has 1 amide bonds. The predicted molar refractivity (Wildman–Crippen MR) is 107 cm³/mol. The van der Waals surface area contributed by atoms with Crippen LogP contribution in [-0.2, 0) is 0 Å². The first-order chi connectivity index (χ1) is 13.1. The van der Waals surface area contributed by atoms with Gasteiger partial charge in [0, 0.05) is 23.2 Å². The Kier molecular flexibility index (Phi) is 6.21. The highest BCUT2D eigenvalue weighted by Gasteiger charge is 2.17. The van der Waals surface area contributed by atoms with Crippen molar-refractivity contribution in [3.63, 3.8) is 0 Å². The average Bonchev–Trinajstić information content (AvgIpc) is 2.70. The lowest BCUT2D eigenvalue weighted by Gasteiger charge is -2.14. The van der Waals surface area contributed by atoms with Crippen molar-refractivity contribution in [1.82, 2.24) is 4.98 Å². The van der Waals surface area contributed by atoms with E-state index in [1.165, 1.54) is 26.0 Å². The molecule has 0 atom stereocenters. The smallest absolute Gasteiger partial charge is 0.258 e. The summed E-state index contributed by atoms with van der Waals surface area (Å²) in [6.07, 6.45) is 1.66. The van der Waals surface area contributed by atoms with E-state index in [2.05, 4.69) is 10.3 Å². The van der Waals surface area contributed by atoms with Crippen LogP contribution in [0.1, 0.15) is 10.4 Å². The maximum Gasteiger partial charge on any atom is 0.258 e. The van der Waals surface area contributed by atoms with Gasteiger partial charge in [0.05, 0.1) is 30.5 Å². The van der Waals surface area contributed by atoms with Crippen molar-refractivity contribution in [2.75, 3.05) is 19.5 Å². The van der Waals surface area contributed by atoms with Crippen molar-refractivity contribution >= 4 is 35.0 Å². The molecule has 1 N–H and O–H groups in total. The molecule has 1 aromatic heterocycles. The molecule has 0 spiro atoms. The van der Waals surface area contributed by atoms with Crippen LogP contribution < -0.4 is 14.8 Å². The van der Waals surface area contributed by atoms with Crippen LogP contribution in [0.4, 0.5) is 5.69 Å². The molecule has 3 rings (SSSR count). The number of nitrogens with zero attached hydrogens (tertiary/aromatic N) is 1. The number of nitrogens with one attached hydrogen (secondary N) is 1. The van der Waals surface area contributed by atoms with Crippen LogP contribution in [0.15, 0.2) is 70.7 Å². The molecule has 7 heteroatoms. The molecular weight excluding hydrogens is 384 g/mol. The van der Waals surface area contributed by atoms with Crippen LogP contribution in [0.2, 0.25) is 5.02 Å². The third-order valence-electron chi connectivity index (χ3n) is 3.70. The summed E-state index contributed by atoms with van der Waals surface area (Å²) in [5, 5.41) is 3.86. The summed E-state index contributed by atoms with van der Waals surface area (Å²) >= 11 is 7.54. The number of halogens is 1. The highest BCUT2D eigenvalue weighted by molar-refractivity contribution is 7.99. The summed E-state index contributed by atoms with van der Waals surface area (Å²) in [5.74, 6) is 0.581. The number of pyridine rings is 1. The summed E-state index contributed by atoms with van der Waals surface area (Å²) < 4.78 is 10.5. The van der Waals surface area contributed by atoms with Gasteiger partial charge in [-0.05, 0) is 24.3 Å². The average molecular weight is 401 g/mol. The number of hydrogen-bond donors (Lipinski definition) is 1. The van der Waals surface area contributed by atoms with E-state index >= 15 is 0 Å². The third kappa shape index (κ3) is 4.53. The number of anilines is 1. The molecule has 2 aromatic carbocycles. The van der Waals surface area contributed by atoms with Crippen LogP contribution in [0.25, 0.3) is 0 Å². The molecule has 5 nitrogen and oxygen atoms in total. The van der Waals surface area contributed by atoms with Gasteiger partial charge >= 0.3 is 0 Å². The monoisotopic (exact) mass is 400 g/mol. The molecule has 0 aliphatic carbocycles. The van der Waals surface area contributed by atoms with Crippen LogP contribution >= 0.6 is 23.4 Å². The molecule has 0 bridgehead atoms. The SMILES string of the molecule is COc1cc(NC(=O)c2cccnc2Sc2ccccc2)c(OC)cc1Cl. The second kappa shape index (κ2) is 8.79. The largest absolute Gasteiger partial charge is 0.495 e. The number of hydrogen-bond acceptors (Lipinski definition) is 5. The number of aromatic nitrogens is 1. The highest BCUT2D eigenvalue weighted by atomic mass is 35.5. The molecule has 0 fully saturated rings. The fourth-order valence-corrected chi connectivity index (χ4v) is 3.52. The van der Waals surface area contributed by atoms with E-state index in [9.17, 15) is 4.79 Å². The second-order valence-corrected chi connectivity index (χ2v) is 6.88. The zero-order valence-electron chi connectivity index (χ0n) is 14.7. The van der Waals surface area contributed by atoms with Crippen molar-refractivity contribution < 1.29 is 14.3 Å². The van der Waals surface area contributed by atoms with Crippen LogP contribution in [0, 0.1) is 0 Å². The number of methoxy groups -OCH3 is 2. The molecule has 1 heterocycles. The topological polar surface area (TPSA) is 60.5 Å². The van der Waals surface area contributed by atoms with Crippen molar-refractivity contribution in [1.29, 1.82) is 0 Å². The van der Waals surface area contributed by atoms with Gasteiger partial charge in [0.1, 0.15) is 16.5 Å². The Labute approximate surface area is 166 Å². The molecular formula is C20H17ClN2O3S. The number of carbonyl (C=O) groups is 1. The molecule has 0 saturated carbocycles. The third-order valence-corrected chi connectivity index (χ3v) is 5.02. The van der Waals surface area contributed by atoms with Gasteiger partial charge in [0.15, 0.2) is 0 Å². The van der Waals surface area contributed by atoms with Gasteiger partial charge < -0.3 is 14.8 Å². The van der Waals surface area contributed by atoms with E-state index in [4.69, 9.17) is 21.1 Å². The maximum atomic E-state index is 12.9. The quantitative estimate of drug-likeness (QED) is 0.619. The minimum Gasteiger partial charge on any atom is -0.495 e. The lowest BCUT2D eigenvalue weighted by atomic mass is 10.2. The Balaban J connectivity index is 1.89. The molecule has 3 aromatic rings. The first-order valence-corrected chi connectivity index (χ1v) is 9.22. The van der Waals surface area contributed by atoms with Gasteiger partial charge in [0.2, 0.25) is 0 Å². The van der Waals surface area contributed by atoms with E-state index in [0.717, 1.165) is 4.90 Å². The maximum absolute atomic E-state index is 12.9. The zero-order valence-corrected chi connectivity index (χ0v) is 16.3. The predicted octanol–water partition coefficient (Wildman–Crippen LogP) is 5.16. The van der Waals surface area contributed by atoms with Crippen LogP contribution in [0.3, 0.4) is 0 Å². The van der Waals surface area contributed by atoms with Crippen molar-refractivity contribution in [3.05, 3.63) is 71.4 Å². The fourth-order valence-electron chi connectivity index (χ4n) is 2.39. The van der Waals surface area contributed by atoms with Gasteiger partial charge in [-0.3, -0.25) is 4.79 Å². The van der Waals surface area contributed by atoms with Crippen molar-refractivity contribution in [2.45, 2.75) is 9.92 Å². The second-order valence-electron chi connectivity index (χ2n) is 5.41. The number of benzene rings is 2. The normalized spacial score (nSPS) is 10.3. The Morgan fingerprint density at radius 3 is 2.48 bits per heavy atom. The van der Waals surface area contributed by atoms with Crippen LogP contribution in [-0.4, -0.2) is 25.1 Å². The Morgan fingerprint density at radius 2 is 1.78 bits per heavy atom. The number of carbonyl (C=O) groups excluding carboxylic acids is 1. The fraction of sp³-hybridized carbons (Fsp3) is 0.100. The van der Waals surface area contributed by atoms with E-state index in [0.29, 0.717) is 32.8 Å². The summed E-state index contributed by atoms with van der Waals surface area (Å²) in [5.41, 5.74) is 0.922. The van der Waals surface area contributed by atoms with Crippen LogP contribution in [0.5, 0.6) is 11.5 Å². The molecule has 0 aliphatic heterocycles. The number of ether oxygens (including phenoxy) is 2. The lowest BCUT2D eigenvalue weighted by Crippen LogP contribution is -2.14. The molecule has 0 radical (unpaired) electrons. The molecule has 0 aliphatic rings. The molecule has 27 heavy (non-hydrogen) atoms. The molecule has 138 valence electrons. The first-order valence-electron chi connectivity index (χ1n) is 8.03. The number of rotatable bonds is 6. The van der Waals surface area contributed by atoms with E-state index in [1.807, 2.05) is 30.3 Å². The van der Waals surface area contributed by atoms with Gasteiger partial charge in [-0.1, -0.05) is 41.6 Å². The van der Waals surface area contributed by atoms with Crippen molar-refractivity contribution in [3.8, 4) is 11.5 Å². The highest BCUT2D eigenvalue weighted by Crippen LogP contribution is 2.36. The van der Waals surface area contributed by atoms with Gasteiger partial charge in [-0.15, -0.1) is 0 Å².